The fraction of sp³-hybridized carbons (Fsp3) is 0.696. The van der Waals surface area contributed by atoms with Crippen molar-refractivity contribution < 1.29 is 4.74 Å². The highest BCUT2D eigenvalue weighted by atomic mass is 16.5. The number of benzene rings is 1. The van der Waals surface area contributed by atoms with Gasteiger partial charge in [-0.3, -0.25) is 0 Å². The van der Waals surface area contributed by atoms with E-state index in [9.17, 15) is 0 Å². The summed E-state index contributed by atoms with van der Waals surface area (Å²) in [4.78, 5) is 0. The lowest BCUT2D eigenvalue weighted by Gasteiger charge is -2.30. The van der Waals surface area contributed by atoms with Crippen molar-refractivity contribution in [3.8, 4) is 5.75 Å². The van der Waals surface area contributed by atoms with Gasteiger partial charge in [-0.05, 0) is 48.1 Å². The summed E-state index contributed by atoms with van der Waals surface area (Å²) in [6, 6.07) is 6.81. The van der Waals surface area contributed by atoms with Crippen LogP contribution in [0.4, 0.5) is 0 Å². The Hall–Kier alpha value is -0.980. The molecule has 0 aromatic heterocycles. The van der Waals surface area contributed by atoms with Crippen molar-refractivity contribution in [1.82, 2.24) is 0 Å². The van der Waals surface area contributed by atoms with Gasteiger partial charge in [-0.1, -0.05) is 79.9 Å². The molecule has 0 aliphatic carbocycles. The third-order valence-corrected chi connectivity index (χ3v) is 5.64. The second-order valence-electron chi connectivity index (χ2n) is 8.32. The fourth-order valence-electron chi connectivity index (χ4n) is 2.78. The van der Waals surface area contributed by atoms with E-state index in [2.05, 4.69) is 66.7 Å². The Bertz CT molecular complexity index is 485. The van der Waals surface area contributed by atoms with Crippen molar-refractivity contribution in [1.29, 1.82) is 0 Å². The van der Waals surface area contributed by atoms with E-state index in [1.807, 2.05) is 6.61 Å². The maximum absolute atomic E-state index is 6.08. The molecule has 1 radical (unpaired) electrons. The zero-order chi connectivity index (χ0) is 18.2. The van der Waals surface area contributed by atoms with E-state index in [1.54, 1.807) is 0 Å². The van der Waals surface area contributed by atoms with Crippen molar-refractivity contribution >= 4 is 0 Å². The van der Waals surface area contributed by atoms with Crippen LogP contribution >= 0.6 is 0 Å². The lowest BCUT2D eigenvalue weighted by Crippen LogP contribution is -2.21. The van der Waals surface area contributed by atoms with Crippen molar-refractivity contribution in [2.24, 2.45) is 0 Å². The first-order valence-corrected chi connectivity index (χ1v) is 9.91. The molecule has 137 valence electrons. The molecule has 0 unspecified atom stereocenters. The second kappa shape index (κ2) is 9.49. The predicted octanol–water partition coefficient (Wildman–Crippen LogP) is 7.57. The first kappa shape index (κ1) is 21.1. The van der Waals surface area contributed by atoms with Crippen LogP contribution in [0, 0.1) is 6.61 Å². The van der Waals surface area contributed by atoms with Gasteiger partial charge in [0.1, 0.15) is 12.4 Å². The molecule has 0 bridgehead atoms. The summed E-state index contributed by atoms with van der Waals surface area (Å²) in [5, 5.41) is 0. The molecule has 0 saturated heterocycles. The lowest BCUT2D eigenvalue weighted by atomic mass is 9.76. The molecule has 0 N–H and O–H groups in total. The Labute approximate surface area is 151 Å². The second-order valence-corrected chi connectivity index (χ2v) is 8.32. The first-order chi connectivity index (χ1) is 11.3. The van der Waals surface area contributed by atoms with Crippen LogP contribution in [-0.4, -0.2) is 0 Å². The third-order valence-electron chi connectivity index (χ3n) is 5.64. The standard InChI is InChI=1S/C23H39O/c1-8-11-12-13-14-17-24-21-16-15-19(22(4,5)9-2)18-20(21)23(6,7)10-3/h15-18H,8-14H2,1-7H3. The minimum atomic E-state index is 0.130. The molecule has 0 aliphatic heterocycles. The van der Waals surface area contributed by atoms with Gasteiger partial charge in [0.2, 0.25) is 0 Å². The number of hydrogen-bond donors (Lipinski definition) is 0. The van der Waals surface area contributed by atoms with Gasteiger partial charge < -0.3 is 4.74 Å². The molecule has 1 heteroatoms. The Balaban J connectivity index is 2.91. The zero-order valence-electron chi connectivity index (χ0n) is 17.2. The molecule has 24 heavy (non-hydrogen) atoms. The number of unbranched alkanes of at least 4 members (excludes halogenated alkanes) is 4. The summed E-state index contributed by atoms with van der Waals surface area (Å²) >= 11 is 0. The maximum Gasteiger partial charge on any atom is 0.135 e. The highest BCUT2D eigenvalue weighted by molar-refractivity contribution is 5.44. The summed E-state index contributed by atoms with van der Waals surface area (Å²) in [6.07, 6.45) is 8.41. The molecule has 1 aromatic rings. The largest absolute Gasteiger partial charge is 0.486 e. The van der Waals surface area contributed by atoms with Gasteiger partial charge in [0.25, 0.3) is 0 Å². The summed E-state index contributed by atoms with van der Waals surface area (Å²) in [7, 11) is 0. The van der Waals surface area contributed by atoms with E-state index in [1.165, 1.54) is 36.8 Å². The molecule has 0 spiro atoms. The number of rotatable bonds is 11. The first-order valence-electron chi connectivity index (χ1n) is 9.91. The van der Waals surface area contributed by atoms with Crippen LogP contribution in [0.15, 0.2) is 18.2 Å². The SMILES string of the molecule is CCCCCC[CH]Oc1ccc(C(C)(C)CC)cc1C(C)(C)CC. The highest BCUT2D eigenvalue weighted by Crippen LogP contribution is 2.38. The predicted molar refractivity (Wildman–Crippen MR) is 107 cm³/mol. The molecule has 1 aromatic carbocycles. The van der Waals surface area contributed by atoms with Gasteiger partial charge in [-0.15, -0.1) is 0 Å². The molecule has 0 atom stereocenters. The van der Waals surface area contributed by atoms with E-state index in [-0.39, 0.29) is 10.8 Å². The van der Waals surface area contributed by atoms with Gasteiger partial charge in [0.15, 0.2) is 0 Å². The van der Waals surface area contributed by atoms with Gasteiger partial charge in [-0.25, -0.2) is 0 Å². The van der Waals surface area contributed by atoms with Crippen molar-refractivity contribution in [2.75, 3.05) is 0 Å². The Morgan fingerprint density at radius 2 is 1.54 bits per heavy atom. The topological polar surface area (TPSA) is 9.23 Å². The normalized spacial score (nSPS) is 12.5. The van der Waals surface area contributed by atoms with Gasteiger partial charge >= 0.3 is 0 Å². The number of ether oxygens (including phenoxy) is 1. The van der Waals surface area contributed by atoms with Crippen molar-refractivity contribution in [3.05, 3.63) is 35.9 Å². The molecule has 0 aliphatic rings. The van der Waals surface area contributed by atoms with Crippen LogP contribution in [0.1, 0.15) is 105 Å². The van der Waals surface area contributed by atoms with Crippen molar-refractivity contribution in [2.45, 2.75) is 104 Å². The summed E-state index contributed by atoms with van der Waals surface area (Å²) in [5.74, 6) is 1.04. The molecule has 0 saturated carbocycles. The quantitative estimate of drug-likeness (QED) is 0.380. The van der Waals surface area contributed by atoms with Crippen LogP contribution in [0.2, 0.25) is 0 Å². The molecule has 0 fully saturated rings. The minimum absolute atomic E-state index is 0.130. The van der Waals surface area contributed by atoms with Crippen molar-refractivity contribution in [3.63, 3.8) is 0 Å². The molecule has 1 nitrogen and oxygen atoms in total. The zero-order valence-corrected chi connectivity index (χ0v) is 17.2. The molecule has 1 rings (SSSR count). The Morgan fingerprint density at radius 1 is 0.875 bits per heavy atom. The van der Waals surface area contributed by atoms with E-state index in [4.69, 9.17) is 4.74 Å². The monoisotopic (exact) mass is 331 g/mol. The van der Waals surface area contributed by atoms with Gasteiger partial charge in [0.05, 0.1) is 0 Å². The van der Waals surface area contributed by atoms with E-state index < -0.39 is 0 Å². The minimum Gasteiger partial charge on any atom is -0.486 e. The molecular formula is C23H39O. The summed E-state index contributed by atoms with van der Waals surface area (Å²) < 4.78 is 6.08. The van der Waals surface area contributed by atoms with Crippen LogP contribution in [-0.2, 0) is 10.8 Å². The average molecular weight is 332 g/mol. The summed E-state index contributed by atoms with van der Waals surface area (Å²) in [5.41, 5.74) is 3.09. The van der Waals surface area contributed by atoms with Crippen LogP contribution in [0.25, 0.3) is 0 Å². The fourth-order valence-corrected chi connectivity index (χ4v) is 2.78. The van der Waals surface area contributed by atoms with E-state index in [0.717, 1.165) is 25.0 Å². The molecule has 0 heterocycles. The van der Waals surface area contributed by atoms with Crippen LogP contribution in [0.3, 0.4) is 0 Å². The lowest BCUT2D eigenvalue weighted by molar-refractivity contribution is 0.364. The van der Waals surface area contributed by atoms with Crippen LogP contribution in [0.5, 0.6) is 5.75 Å². The summed E-state index contributed by atoms with van der Waals surface area (Å²) in [6.45, 7) is 18.1. The van der Waals surface area contributed by atoms with E-state index in [0.29, 0.717) is 0 Å². The maximum atomic E-state index is 6.08. The number of hydrogen-bond acceptors (Lipinski definition) is 1. The Morgan fingerprint density at radius 3 is 2.12 bits per heavy atom. The molecule has 0 amide bonds. The third kappa shape index (κ3) is 5.83. The van der Waals surface area contributed by atoms with Crippen LogP contribution < -0.4 is 4.74 Å². The van der Waals surface area contributed by atoms with Gasteiger partial charge in [0, 0.05) is 5.56 Å². The highest BCUT2D eigenvalue weighted by Gasteiger charge is 2.26. The Kier molecular flexibility index (Phi) is 8.33. The average Bonchev–Trinajstić information content (AvgIpc) is 2.57. The van der Waals surface area contributed by atoms with E-state index >= 15 is 0 Å². The van der Waals surface area contributed by atoms with Gasteiger partial charge in [-0.2, -0.15) is 0 Å². The smallest absolute Gasteiger partial charge is 0.135 e. The molecular weight excluding hydrogens is 292 g/mol.